The van der Waals surface area contributed by atoms with Gasteiger partial charge in [-0.15, -0.1) is 0 Å². The molecule has 0 aromatic heterocycles. The van der Waals surface area contributed by atoms with Gasteiger partial charge >= 0.3 is 0 Å². The Morgan fingerprint density at radius 3 is 2.21 bits per heavy atom. The van der Waals surface area contributed by atoms with Crippen LogP contribution in [0.25, 0.3) is 0 Å². The van der Waals surface area contributed by atoms with Gasteiger partial charge in [-0.1, -0.05) is 58.1 Å². The molecule has 0 radical (unpaired) electrons. The lowest BCUT2D eigenvalue weighted by molar-refractivity contribution is -0.876. The third kappa shape index (κ3) is 12.5. The number of carbonyl (C=O) groups is 1. The van der Waals surface area contributed by atoms with Crippen molar-refractivity contribution in [3.8, 4) is 0 Å². The van der Waals surface area contributed by atoms with Gasteiger partial charge in [-0.05, 0) is 19.3 Å². The number of carboxylic acid groups (broad SMARTS) is 1. The number of hydrogen-bond donors (Lipinski definition) is 0. The second kappa shape index (κ2) is 12.5. The number of carboxylic acids is 1. The summed E-state index contributed by atoms with van der Waals surface area (Å²) in [5, 5.41) is 11.3. The predicted molar refractivity (Wildman–Crippen MR) is 98.6 cm³/mol. The molecule has 0 heterocycles. The lowest BCUT2D eigenvalue weighted by Gasteiger charge is -2.38. The molecule has 4 nitrogen and oxygen atoms in total. The second-order valence-electron chi connectivity index (χ2n) is 7.87. The summed E-state index contributed by atoms with van der Waals surface area (Å²) in [6.07, 6.45) is 13.0. The normalized spacial score (nSPS) is 14.9. The maximum absolute atomic E-state index is 11.3. The third-order valence-corrected chi connectivity index (χ3v) is 3.97. The van der Waals surface area contributed by atoms with E-state index in [1.807, 2.05) is 6.08 Å². The smallest absolute Gasteiger partial charge is 0.140 e. The van der Waals surface area contributed by atoms with Crippen molar-refractivity contribution < 1.29 is 19.1 Å². The van der Waals surface area contributed by atoms with E-state index in [9.17, 15) is 9.90 Å². The van der Waals surface area contributed by atoms with Crippen LogP contribution in [-0.4, -0.2) is 50.3 Å². The highest BCUT2D eigenvalue weighted by Gasteiger charge is 2.34. The quantitative estimate of drug-likeness (QED) is 0.261. The number of unbranched alkanes of at least 4 members (excludes halogenated alkanes) is 6. The Hall–Kier alpha value is -0.870. The molecule has 0 amide bonds. The minimum Gasteiger partial charge on any atom is -0.550 e. The summed E-state index contributed by atoms with van der Waals surface area (Å²) in [5.41, 5.74) is -0.768. The first-order chi connectivity index (χ1) is 11.2. The molecule has 0 rings (SSSR count). The van der Waals surface area contributed by atoms with Crippen molar-refractivity contribution >= 4 is 5.97 Å². The number of quaternary nitrogens is 1. The van der Waals surface area contributed by atoms with E-state index in [-0.39, 0.29) is 6.42 Å². The average Bonchev–Trinajstić information content (AvgIpc) is 2.45. The summed E-state index contributed by atoms with van der Waals surface area (Å²) < 4.78 is 6.78. The number of ether oxygens (including phenoxy) is 1. The molecule has 0 spiro atoms. The summed E-state index contributed by atoms with van der Waals surface area (Å²) in [6.45, 7) is 5.57. The fourth-order valence-electron chi connectivity index (χ4n) is 2.97. The Bertz CT molecular complexity index is 360. The van der Waals surface area contributed by atoms with Crippen molar-refractivity contribution in [2.45, 2.75) is 77.2 Å². The zero-order valence-electron chi connectivity index (χ0n) is 16.6. The molecule has 0 bridgehead atoms. The highest BCUT2D eigenvalue weighted by Crippen LogP contribution is 2.23. The molecule has 0 aromatic rings. The molecule has 0 saturated carbocycles. The molecular formula is C20H39NO3. The Balaban J connectivity index is 4.94. The van der Waals surface area contributed by atoms with Crippen molar-refractivity contribution in [1.82, 2.24) is 0 Å². The average molecular weight is 342 g/mol. The first-order valence-electron chi connectivity index (χ1n) is 9.56. The van der Waals surface area contributed by atoms with Crippen LogP contribution in [0.3, 0.4) is 0 Å². The summed E-state index contributed by atoms with van der Waals surface area (Å²) >= 11 is 0. The summed E-state index contributed by atoms with van der Waals surface area (Å²) in [4.78, 5) is 11.3. The van der Waals surface area contributed by atoms with Crippen molar-refractivity contribution in [2.24, 2.45) is 0 Å². The van der Waals surface area contributed by atoms with E-state index in [1.165, 1.54) is 19.3 Å². The van der Waals surface area contributed by atoms with E-state index >= 15 is 0 Å². The molecule has 0 aliphatic rings. The van der Waals surface area contributed by atoms with Crippen LogP contribution < -0.4 is 5.11 Å². The van der Waals surface area contributed by atoms with Gasteiger partial charge in [-0.25, -0.2) is 0 Å². The Kier molecular flexibility index (Phi) is 12.0. The Morgan fingerprint density at radius 2 is 1.67 bits per heavy atom. The van der Waals surface area contributed by atoms with Gasteiger partial charge in [0, 0.05) is 19.0 Å². The number of aliphatic carboxylic acids is 1. The van der Waals surface area contributed by atoms with E-state index in [0.29, 0.717) is 17.6 Å². The summed E-state index contributed by atoms with van der Waals surface area (Å²) in [6, 6.07) is 0. The predicted octanol–water partition coefficient (Wildman–Crippen LogP) is 3.30. The lowest BCUT2D eigenvalue weighted by Crippen LogP contribution is -2.52. The van der Waals surface area contributed by atoms with Crippen LogP contribution in [0.4, 0.5) is 0 Å². The van der Waals surface area contributed by atoms with Crippen LogP contribution in [0.2, 0.25) is 0 Å². The molecule has 24 heavy (non-hydrogen) atoms. The number of likely N-dealkylation sites (N-methyl/N-ethyl adjacent to an activating group) is 1. The molecule has 1 unspecified atom stereocenters. The van der Waals surface area contributed by atoms with Crippen LogP contribution in [0, 0.1) is 0 Å². The Morgan fingerprint density at radius 1 is 1.04 bits per heavy atom. The Labute approximate surface area is 149 Å². The first kappa shape index (κ1) is 23.1. The van der Waals surface area contributed by atoms with Gasteiger partial charge in [0.1, 0.15) is 12.1 Å². The molecule has 0 aliphatic heterocycles. The van der Waals surface area contributed by atoms with Crippen LogP contribution in [0.1, 0.15) is 71.6 Å². The monoisotopic (exact) mass is 341 g/mol. The molecule has 1 atom stereocenters. The van der Waals surface area contributed by atoms with Gasteiger partial charge in [0.15, 0.2) is 0 Å². The first-order valence-corrected chi connectivity index (χ1v) is 9.56. The number of allylic oxidation sites excluding steroid dienone is 1. The lowest BCUT2D eigenvalue weighted by atomic mass is 9.96. The number of carbonyl (C=O) groups excluding carboxylic acids is 1. The molecule has 0 aliphatic carbocycles. The number of hydrogen-bond acceptors (Lipinski definition) is 3. The maximum atomic E-state index is 11.3. The number of rotatable bonds is 15. The minimum absolute atomic E-state index is 0.0832. The van der Waals surface area contributed by atoms with Gasteiger partial charge in [0.2, 0.25) is 0 Å². The standard InChI is InChI=1S/C20H39NO3/c1-6-8-10-11-12-13-15-20(17-19(22)23,18-21(3,4)5)24-16-14-9-7-2/h13,15H,6-12,14,16-18H2,1-5H3. The van der Waals surface area contributed by atoms with E-state index < -0.39 is 11.6 Å². The second-order valence-corrected chi connectivity index (χ2v) is 7.87. The molecule has 4 heteroatoms. The van der Waals surface area contributed by atoms with E-state index in [1.54, 1.807) is 0 Å². The molecule has 0 aromatic carbocycles. The van der Waals surface area contributed by atoms with E-state index in [2.05, 4.69) is 41.1 Å². The molecule has 0 fully saturated rings. The molecular weight excluding hydrogens is 302 g/mol. The molecule has 0 N–H and O–H groups in total. The van der Waals surface area contributed by atoms with Crippen LogP contribution in [-0.2, 0) is 9.53 Å². The van der Waals surface area contributed by atoms with Crippen molar-refractivity contribution in [3.63, 3.8) is 0 Å². The van der Waals surface area contributed by atoms with Gasteiger partial charge in [-0.2, -0.15) is 0 Å². The summed E-state index contributed by atoms with van der Waals surface area (Å²) in [5.74, 6) is -1.05. The van der Waals surface area contributed by atoms with Gasteiger partial charge in [0.25, 0.3) is 0 Å². The highest BCUT2D eigenvalue weighted by molar-refractivity contribution is 5.66. The van der Waals surface area contributed by atoms with Crippen LogP contribution in [0.15, 0.2) is 12.2 Å². The minimum atomic E-state index is -1.05. The molecule has 0 saturated heterocycles. The van der Waals surface area contributed by atoms with Crippen LogP contribution in [0.5, 0.6) is 0 Å². The van der Waals surface area contributed by atoms with Crippen molar-refractivity contribution in [2.75, 3.05) is 34.3 Å². The maximum Gasteiger partial charge on any atom is 0.140 e. The topological polar surface area (TPSA) is 49.4 Å². The highest BCUT2D eigenvalue weighted by atomic mass is 16.5. The third-order valence-electron chi connectivity index (χ3n) is 3.97. The van der Waals surface area contributed by atoms with Crippen molar-refractivity contribution in [1.29, 1.82) is 0 Å². The SMILES string of the molecule is CCCCCCC=CC(CC(=O)[O-])(C[N+](C)(C)C)OCCCCC. The summed E-state index contributed by atoms with van der Waals surface area (Å²) in [7, 11) is 6.19. The largest absolute Gasteiger partial charge is 0.550 e. The van der Waals surface area contributed by atoms with E-state index in [4.69, 9.17) is 4.74 Å². The zero-order chi connectivity index (χ0) is 18.5. The van der Waals surface area contributed by atoms with Gasteiger partial charge < -0.3 is 19.1 Å². The van der Waals surface area contributed by atoms with Gasteiger partial charge in [0.05, 0.1) is 21.1 Å². The number of nitrogens with zero attached hydrogens (tertiary/aromatic N) is 1. The zero-order valence-corrected chi connectivity index (χ0v) is 16.6. The fourth-order valence-corrected chi connectivity index (χ4v) is 2.97. The molecule has 142 valence electrons. The van der Waals surface area contributed by atoms with E-state index in [0.717, 1.165) is 32.1 Å². The van der Waals surface area contributed by atoms with Crippen LogP contribution >= 0.6 is 0 Å². The van der Waals surface area contributed by atoms with Crippen molar-refractivity contribution in [3.05, 3.63) is 12.2 Å². The van der Waals surface area contributed by atoms with Gasteiger partial charge in [-0.3, -0.25) is 0 Å². The fraction of sp³-hybridized carbons (Fsp3) is 0.850.